The summed E-state index contributed by atoms with van der Waals surface area (Å²) in [5, 5.41) is 3.71. The van der Waals surface area contributed by atoms with Crippen LogP contribution in [0.2, 0.25) is 0 Å². The van der Waals surface area contributed by atoms with Crippen LogP contribution in [-0.2, 0) is 6.42 Å². The molecule has 0 aromatic heterocycles. The molecule has 2 rings (SSSR count). The highest BCUT2D eigenvalue weighted by atomic mass is 14.9. The summed E-state index contributed by atoms with van der Waals surface area (Å²) in [6.07, 6.45) is 11.3. The summed E-state index contributed by atoms with van der Waals surface area (Å²) < 4.78 is 0. The molecule has 1 N–H and O–H groups in total. The average Bonchev–Trinajstić information content (AvgIpc) is 2.70. The fraction of sp³-hybridized carbons (Fsp3) is 0.684. The zero-order valence-electron chi connectivity index (χ0n) is 13.3. The van der Waals surface area contributed by atoms with Gasteiger partial charge in [0.2, 0.25) is 0 Å². The summed E-state index contributed by atoms with van der Waals surface area (Å²) in [5.41, 5.74) is 2.84. The lowest BCUT2D eigenvalue weighted by Crippen LogP contribution is -2.33. The fourth-order valence-electron chi connectivity index (χ4n) is 3.54. The highest BCUT2D eigenvalue weighted by molar-refractivity contribution is 5.22. The van der Waals surface area contributed by atoms with Crippen molar-refractivity contribution >= 4 is 0 Å². The molecule has 1 aromatic carbocycles. The van der Waals surface area contributed by atoms with E-state index in [0.29, 0.717) is 6.04 Å². The van der Waals surface area contributed by atoms with Crippen LogP contribution in [0.25, 0.3) is 0 Å². The van der Waals surface area contributed by atoms with E-state index >= 15 is 0 Å². The van der Waals surface area contributed by atoms with E-state index in [1.807, 2.05) is 0 Å². The van der Waals surface area contributed by atoms with Gasteiger partial charge in [0.15, 0.2) is 0 Å². The molecular weight excluding hydrogens is 242 g/mol. The van der Waals surface area contributed by atoms with Crippen LogP contribution in [0.5, 0.6) is 0 Å². The van der Waals surface area contributed by atoms with Crippen molar-refractivity contribution in [3.05, 3.63) is 35.4 Å². The number of benzene rings is 1. The van der Waals surface area contributed by atoms with Gasteiger partial charge in [-0.2, -0.15) is 0 Å². The minimum atomic E-state index is 0.658. The van der Waals surface area contributed by atoms with Crippen LogP contribution in [0.3, 0.4) is 0 Å². The molecule has 0 saturated heterocycles. The lowest BCUT2D eigenvalue weighted by Gasteiger charge is -2.23. The first kappa shape index (κ1) is 15.6. The molecule has 0 amide bonds. The summed E-state index contributed by atoms with van der Waals surface area (Å²) in [4.78, 5) is 0. The van der Waals surface area contributed by atoms with Crippen molar-refractivity contribution in [3.8, 4) is 0 Å². The number of hydrogen-bond acceptors (Lipinski definition) is 1. The number of aryl methyl sites for hydroxylation is 1. The van der Waals surface area contributed by atoms with Crippen LogP contribution in [0.15, 0.2) is 24.3 Å². The second-order valence-electron chi connectivity index (χ2n) is 6.54. The maximum atomic E-state index is 3.71. The van der Waals surface area contributed by atoms with E-state index in [4.69, 9.17) is 0 Å². The van der Waals surface area contributed by atoms with Gasteiger partial charge in [-0.3, -0.25) is 0 Å². The number of likely N-dealkylation sites (N-methyl/N-ethyl adjacent to an activating group) is 1. The Balaban J connectivity index is 1.90. The van der Waals surface area contributed by atoms with Gasteiger partial charge in [0.05, 0.1) is 0 Å². The van der Waals surface area contributed by atoms with Gasteiger partial charge in [0, 0.05) is 6.04 Å². The van der Waals surface area contributed by atoms with Gasteiger partial charge in [0.1, 0.15) is 0 Å². The zero-order valence-corrected chi connectivity index (χ0v) is 13.3. The van der Waals surface area contributed by atoms with E-state index in [1.54, 1.807) is 0 Å². The molecule has 0 aliphatic heterocycles. The van der Waals surface area contributed by atoms with Crippen LogP contribution in [0.1, 0.15) is 63.0 Å². The summed E-state index contributed by atoms with van der Waals surface area (Å²) in [7, 11) is 0. The zero-order chi connectivity index (χ0) is 14.2. The first-order valence-electron chi connectivity index (χ1n) is 8.57. The minimum Gasteiger partial charge on any atom is -0.314 e. The SMILES string of the molecule is CCNC(Cc1ccc(C)cc1)CC1CCCCCC1. The van der Waals surface area contributed by atoms with Gasteiger partial charge >= 0.3 is 0 Å². The molecule has 1 fully saturated rings. The van der Waals surface area contributed by atoms with Crippen molar-refractivity contribution in [1.82, 2.24) is 5.32 Å². The Morgan fingerprint density at radius 1 is 1.05 bits per heavy atom. The molecule has 0 radical (unpaired) electrons. The van der Waals surface area contributed by atoms with Crippen LogP contribution >= 0.6 is 0 Å². The maximum Gasteiger partial charge on any atom is 0.0110 e. The van der Waals surface area contributed by atoms with Crippen molar-refractivity contribution < 1.29 is 0 Å². The Labute approximate surface area is 125 Å². The average molecular weight is 273 g/mol. The molecule has 1 aromatic rings. The van der Waals surface area contributed by atoms with E-state index in [2.05, 4.69) is 43.4 Å². The van der Waals surface area contributed by atoms with E-state index in [1.165, 1.54) is 62.5 Å². The van der Waals surface area contributed by atoms with Gasteiger partial charge in [-0.25, -0.2) is 0 Å². The van der Waals surface area contributed by atoms with Gasteiger partial charge in [-0.15, -0.1) is 0 Å². The lowest BCUT2D eigenvalue weighted by molar-refractivity contribution is 0.353. The number of rotatable bonds is 6. The maximum absolute atomic E-state index is 3.71. The monoisotopic (exact) mass is 273 g/mol. The Morgan fingerprint density at radius 3 is 2.30 bits per heavy atom. The molecule has 1 saturated carbocycles. The standard InChI is InChI=1S/C19H31N/c1-3-20-19(14-17-8-6-4-5-7-9-17)15-18-12-10-16(2)11-13-18/h10-13,17,19-20H,3-9,14-15H2,1-2H3. The van der Waals surface area contributed by atoms with Crippen LogP contribution in [-0.4, -0.2) is 12.6 Å². The van der Waals surface area contributed by atoms with Gasteiger partial charge in [-0.1, -0.05) is 75.3 Å². The highest BCUT2D eigenvalue weighted by Crippen LogP contribution is 2.27. The topological polar surface area (TPSA) is 12.0 Å². The molecular formula is C19H31N. The molecule has 0 spiro atoms. The molecule has 1 nitrogen and oxygen atoms in total. The van der Waals surface area contributed by atoms with Crippen LogP contribution < -0.4 is 5.32 Å². The minimum absolute atomic E-state index is 0.658. The Hall–Kier alpha value is -0.820. The van der Waals surface area contributed by atoms with Gasteiger partial charge in [0.25, 0.3) is 0 Å². The quantitative estimate of drug-likeness (QED) is 0.729. The van der Waals surface area contributed by atoms with E-state index in [9.17, 15) is 0 Å². The van der Waals surface area contributed by atoms with Crippen molar-refractivity contribution in [2.24, 2.45) is 5.92 Å². The van der Waals surface area contributed by atoms with Crippen LogP contribution in [0, 0.1) is 12.8 Å². The Bertz CT molecular complexity index is 360. The smallest absolute Gasteiger partial charge is 0.0110 e. The van der Waals surface area contributed by atoms with E-state index < -0.39 is 0 Å². The molecule has 0 bridgehead atoms. The summed E-state index contributed by atoms with van der Waals surface area (Å²) in [6, 6.07) is 9.74. The predicted octanol–water partition coefficient (Wildman–Crippen LogP) is 4.88. The molecule has 1 aliphatic carbocycles. The van der Waals surface area contributed by atoms with E-state index in [-0.39, 0.29) is 0 Å². The third kappa shape index (κ3) is 5.28. The largest absolute Gasteiger partial charge is 0.314 e. The van der Waals surface area contributed by atoms with Gasteiger partial charge < -0.3 is 5.32 Å². The molecule has 20 heavy (non-hydrogen) atoms. The van der Waals surface area contributed by atoms with Crippen molar-refractivity contribution in [1.29, 1.82) is 0 Å². The summed E-state index contributed by atoms with van der Waals surface area (Å²) in [5.74, 6) is 0.951. The third-order valence-corrected chi connectivity index (χ3v) is 4.69. The number of hydrogen-bond donors (Lipinski definition) is 1. The second-order valence-corrected chi connectivity index (χ2v) is 6.54. The molecule has 0 heterocycles. The van der Waals surface area contributed by atoms with E-state index in [0.717, 1.165) is 12.5 Å². The van der Waals surface area contributed by atoms with Crippen molar-refractivity contribution in [3.63, 3.8) is 0 Å². The third-order valence-electron chi connectivity index (χ3n) is 4.69. The lowest BCUT2D eigenvalue weighted by atomic mass is 9.89. The van der Waals surface area contributed by atoms with Crippen molar-refractivity contribution in [2.45, 2.75) is 71.3 Å². The molecule has 112 valence electrons. The van der Waals surface area contributed by atoms with Crippen molar-refractivity contribution in [2.75, 3.05) is 6.54 Å². The summed E-state index contributed by atoms with van der Waals surface area (Å²) >= 11 is 0. The summed E-state index contributed by atoms with van der Waals surface area (Å²) in [6.45, 7) is 5.48. The molecule has 1 aliphatic rings. The highest BCUT2D eigenvalue weighted by Gasteiger charge is 2.17. The first-order chi connectivity index (χ1) is 9.78. The molecule has 1 unspecified atom stereocenters. The molecule has 1 atom stereocenters. The Kier molecular flexibility index (Phi) is 6.59. The predicted molar refractivity (Wildman–Crippen MR) is 88.2 cm³/mol. The first-order valence-corrected chi connectivity index (χ1v) is 8.57. The number of nitrogens with one attached hydrogen (secondary N) is 1. The Morgan fingerprint density at radius 2 is 1.70 bits per heavy atom. The second kappa shape index (κ2) is 8.46. The molecule has 1 heteroatoms. The van der Waals surface area contributed by atoms with Gasteiger partial charge in [-0.05, 0) is 37.8 Å². The van der Waals surface area contributed by atoms with Crippen LogP contribution in [0.4, 0.5) is 0 Å². The normalized spacial score (nSPS) is 18.7. The fourth-order valence-corrected chi connectivity index (χ4v) is 3.54.